The number of rotatable bonds is 6. The third-order valence-electron chi connectivity index (χ3n) is 5.68. The van der Waals surface area contributed by atoms with Crippen molar-refractivity contribution in [2.24, 2.45) is 5.92 Å². The van der Waals surface area contributed by atoms with Crippen LogP contribution in [0.3, 0.4) is 0 Å². The van der Waals surface area contributed by atoms with E-state index in [4.69, 9.17) is 4.43 Å². The van der Waals surface area contributed by atoms with Gasteiger partial charge in [-0.05, 0) is 23.7 Å². The van der Waals surface area contributed by atoms with Gasteiger partial charge in [0.1, 0.15) is 5.78 Å². The number of carbonyl (C=O) groups excluding carboxylic acids is 1. The highest BCUT2D eigenvalue weighted by Crippen LogP contribution is 2.36. The van der Waals surface area contributed by atoms with Gasteiger partial charge in [-0.1, -0.05) is 51.1 Å². The lowest BCUT2D eigenvalue weighted by Gasteiger charge is -2.39. The first-order valence-electron chi connectivity index (χ1n) is 9.21. The number of nitrogens with zero attached hydrogens (tertiary/aromatic N) is 1. The van der Waals surface area contributed by atoms with Crippen LogP contribution in [0, 0.1) is 5.92 Å². The van der Waals surface area contributed by atoms with Crippen molar-refractivity contribution in [3.63, 3.8) is 0 Å². The van der Waals surface area contributed by atoms with Gasteiger partial charge in [0.25, 0.3) is 0 Å². The van der Waals surface area contributed by atoms with Gasteiger partial charge in [-0.15, -0.1) is 0 Å². The van der Waals surface area contributed by atoms with Crippen LogP contribution in [0.25, 0.3) is 0 Å². The Balaban J connectivity index is 1.93. The van der Waals surface area contributed by atoms with Crippen LogP contribution in [-0.2, 0) is 15.8 Å². The molecule has 4 nitrogen and oxygen atoms in total. The summed E-state index contributed by atoms with van der Waals surface area (Å²) in [4.78, 5) is 14.6. The second-order valence-corrected chi connectivity index (χ2v) is 13.5. The quantitative estimate of drug-likeness (QED) is 0.787. The maximum Gasteiger partial charge on any atom is 0.192 e. The molecule has 1 fully saturated rings. The number of carbonyl (C=O) groups is 1. The van der Waals surface area contributed by atoms with E-state index in [1.54, 1.807) is 0 Å². The van der Waals surface area contributed by atoms with Gasteiger partial charge in [0.2, 0.25) is 0 Å². The number of aliphatic hydroxyl groups is 1. The minimum absolute atomic E-state index is 0.0998. The van der Waals surface area contributed by atoms with Crippen LogP contribution in [0.1, 0.15) is 32.8 Å². The Morgan fingerprint density at radius 3 is 2.52 bits per heavy atom. The lowest BCUT2D eigenvalue weighted by molar-refractivity contribution is -0.131. The van der Waals surface area contributed by atoms with Gasteiger partial charge < -0.3 is 9.53 Å². The smallest absolute Gasteiger partial charge is 0.192 e. The molecule has 1 aromatic rings. The summed E-state index contributed by atoms with van der Waals surface area (Å²) in [7, 11) is -1.92. The highest BCUT2D eigenvalue weighted by molar-refractivity contribution is 6.74. The Hall–Kier alpha value is -1.01. The Morgan fingerprint density at radius 1 is 1.28 bits per heavy atom. The number of ketones is 1. The normalized spacial score (nSPS) is 21.4. The van der Waals surface area contributed by atoms with Gasteiger partial charge in [0.05, 0.1) is 18.6 Å². The summed E-state index contributed by atoms with van der Waals surface area (Å²) >= 11 is 0. The predicted octanol–water partition coefficient (Wildman–Crippen LogP) is 3.46. The second kappa shape index (κ2) is 8.12. The second-order valence-electron chi connectivity index (χ2n) is 8.68. The zero-order valence-electron chi connectivity index (χ0n) is 16.3. The highest BCUT2D eigenvalue weighted by atomic mass is 28.4. The molecule has 1 heterocycles. The van der Waals surface area contributed by atoms with Crippen LogP contribution in [0.2, 0.25) is 18.1 Å². The predicted molar refractivity (Wildman–Crippen MR) is 104 cm³/mol. The van der Waals surface area contributed by atoms with Crippen molar-refractivity contribution in [2.45, 2.75) is 58.0 Å². The molecule has 2 rings (SSSR count). The van der Waals surface area contributed by atoms with Crippen molar-refractivity contribution in [3.05, 3.63) is 35.9 Å². The molecule has 0 aliphatic carbocycles. The van der Waals surface area contributed by atoms with Crippen LogP contribution in [0.4, 0.5) is 0 Å². The molecule has 5 heteroatoms. The monoisotopic (exact) mass is 363 g/mol. The van der Waals surface area contributed by atoms with E-state index in [1.165, 1.54) is 5.56 Å². The minimum Gasteiger partial charge on any atom is -0.414 e. The summed E-state index contributed by atoms with van der Waals surface area (Å²) in [5.41, 5.74) is 1.24. The van der Waals surface area contributed by atoms with E-state index in [9.17, 15) is 9.90 Å². The molecule has 0 saturated carbocycles. The number of likely N-dealkylation sites (tertiary alicyclic amines) is 1. The SMILES string of the molecule is CC(C)(C)[Si](C)(C)OCC(O)C1CN(Cc2ccccc2)CCC1=O. The average Bonchev–Trinajstić information content (AvgIpc) is 2.54. The summed E-state index contributed by atoms with van der Waals surface area (Å²) in [6.45, 7) is 13.3. The fourth-order valence-electron chi connectivity index (χ4n) is 2.87. The number of aliphatic hydroxyl groups excluding tert-OH is 1. The van der Waals surface area contributed by atoms with Crippen LogP contribution >= 0.6 is 0 Å². The topological polar surface area (TPSA) is 49.8 Å². The molecule has 0 radical (unpaired) electrons. The van der Waals surface area contributed by atoms with Gasteiger partial charge in [-0.2, -0.15) is 0 Å². The highest BCUT2D eigenvalue weighted by Gasteiger charge is 2.39. The summed E-state index contributed by atoms with van der Waals surface area (Å²) in [5.74, 6) is -0.183. The van der Waals surface area contributed by atoms with Crippen molar-refractivity contribution in [1.29, 1.82) is 0 Å². The first kappa shape index (κ1) is 20.3. The largest absolute Gasteiger partial charge is 0.414 e. The summed E-state index contributed by atoms with van der Waals surface area (Å²) < 4.78 is 6.13. The molecule has 2 atom stereocenters. The first-order chi connectivity index (χ1) is 11.6. The molecule has 140 valence electrons. The zero-order valence-corrected chi connectivity index (χ0v) is 17.3. The molecule has 1 aliphatic rings. The molecule has 1 aliphatic heterocycles. The van der Waals surface area contributed by atoms with Crippen molar-refractivity contribution in [2.75, 3.05) is 19.7 Å². The fraction of sp³-hybridized carbons (Fsp3) is 0.650. The fourth-order valence-corrected chi connectivity index (χ4v) is 3.89. The van der Waals surface area contributed by atoms with E-state index < -0.39 is 14.4 Å². The Labute approximate surface area is 153 Å². The van der Waals surface area contributed by atoms with E-state index in [-0.39, 0.29) is 23.3 Å². The average molecular weight is 364 g/mol. The maximum atomic E-state index is 12.3. The minimum atomic E-state index is -1.92. The standard InChI is InChI=1S/C20H33NO3Si/c1-20(2,3)25(4,5)24-15-19(23)17-14-21(12-11-18(17)22)13-16-9-7-6-8-10-16/h6-10,17,19,23H,11-15H2,1-5H3. The van der Waals surface area contributed by atoms with Crippen LogP contribution in [-0.4, -0.2) is 49.9 Å². The van der Waals surface area contributed by atoms with Gasteiger partial charge in [0.15, 0.2) is 8.32 Å². The number of benzene rings is 1. The molecule has 1 saturated heterocycles. The van der Waals surface area contributed by atoms with E-state index in [0.717, 1.165) is 13.1 Å². The first-order valence-corrected chi connectivity index (χ1v) is 12.1. The molecular formula is C20H33NO3Si. The lowest BCUT2D eigenvalue weighted by Crippen LogP contribution is -2.49. The van der Waals surface area contributed by atoms with Crippen LogP contribution in [0.5, 0.6) is 0 Å². The van der Waals surface area contributed by atoms with E-state index in [2.05, 4.69) is 50.9 Å². The van der Waals surface area contributed by atoms with Crippen LogP contribution in [0.15, 0.2) is 30.3 Å². The molecule has 0 spiro atoms. The van der Waals surface area contributed by atoms with E-state index in [1.807, 2.05) is 18.2 Å². The zero-order chi connectivity index (χ0) is 18.7. The Morgan fingerprint density at radius 2 is 1.92 bits per heavy atom. The van der Waals surface area contributed by atoms with Crippen LogP contribution < -0.4 is 0 Å². The number of hydrogen-bond acceptors (Lipinski definition) is 4. The third-order valence-corrected chi connectivity index (χ3v) is 10.2. The van der Waals surface area contributed by atoms with Crippen molar-refractivity contribution < 1.29 is 14.3 Å². The lowest BCUT2D eigenvalue weighted by atomic mass is 9.91. The summed E-state index contributed by atoms with van der Waals surface area (Å²) in [6, 6.07) is 10.3. The molecule has 1 aromatic carbocycles. The van der Waals surface area contributed by atoms with Gasteiger partial charge in [-0.25, -0.2) is 0 Å². The Bertz CT molecular complexity index is 568. The number of Topliss-reactive ketones (excluding diaryl/α,β-unsaturated/α-hetero) is 1. The van der Waals surface area contributed by atoms with Gasteiger partial charge in [0, 0.05) is 26.1 Å². The maximum absolute atomic E-state index is 12.3. The molecular weight excluding hydrogens is 330 g/mol. The summed E-state index contributed by atoms with van der Waals surface area (Å²) in [5, 5.41) is 10.7. The molecule has 0 amide bonds. The van der Waals surface area contributed by atoms with Crippen molar-refractivity contribution in [3.8, 4) is 0 Å². The molecule has 2 unspecified atom stereocenters. The molecule has 0 aromatic heterocycles. The Kier molecular flexibility index (Phi) is 6.60. The van der Waals surface area contributed by atoms with Gasteiger partial charge in [-0.3, -0.25) is 9.69 Å². The summed E-state index contributed by atoms with van der Waals surface area (Å²) in [6.07, 6.45) is -0.213. The van der Waals surface area contributed by atoms with E-state index in [0.29, 0.717) is 13.0 Å². The van der Waals surface area contributed by atoms with Crippen molar-refractivity contribution >= 4 is 14.1 Å². The third kappa shape index (κ3) is 5.48. The molecule has 1 N–H and O–H groups in total. The number of piperidine rings is 1. The van der Waals surface area contributed by atoms with E-state index >= 15 is 0 Å². The number of hydrogen-bond donors (Lipinski definition) is 1. The molecule has 25 heavy (non-hydrogen) atoms. The molecule has 0 bridgehead atoms. The van der Waals surface area contributed by atoms with Gasteiger partial charge >= 0.3 is 0 Å². The van der Waals surface area contributed by atoms with Crippen molar-refractivity contribution in [1.82, 2.24) is 4.90 Å².